The van der Waals surface area contributed by atoms with Crippen LogP contribution in [0.3, 0.4) is 0 Å². The van der Waals surface area contributed by atoms with E-state index in [1.54, 1.807) is 0 Å². The van der Waals surface area contributed by atoms with Crippen molar-refractivity contribution in [3.8, 4) is 0 Å². The van der Waals surface area contributed by atoms with Gasteiger partial charge in [0.1, 0.15) is 0 Å². The molecule has 0 bridgehead atoms. The highest BCUT2D eigenvalue weighted by Gasteiger charge is 2.29. The number of hydrogen-bond acceptors (Lipinski definition) is 2. The van der Waals surface area contributed by atoms with Crippen LogP contribution in [-0.2, 0) is 16.1 Å². The van der Waals surface area contributed by atoms with Gasteiger partial charge in [-0.25, -0.2) is 0 Å². The summed E-state index contributed by atoms with van der Waals surface area (Å²) in [7, 11) is 0. The number of amides is 1. The Morgan fingerprint density at radius 3 is 2.89 bits per heavy atom. The van der Waals surface area contributed by atoms with Crippen molar-refractivity contribution in [3.63, 3.8) is 0 Å². The van der Waals surface area contributed by atoms with Crippen molar-refractivity contribution in [3.05, 3.63) is 34.9 Å². The second-order valence-corrected chi connectivity index (χ2v) is 5.69. The topological polar surface area (TPSA) is 29.5 Å². The van der Waals surface area contributed by atoms with Gasteiger partial charge in [-0.2, -0.15) is 0 Å². The Balaban J connectivity index is 2.09. The molecule has 1 aromatic carbocycles. The molecule has 1 fully saturated rings. The number of rotatable bonds is 4. The van der Waals surface area contributed by atoms with Crippen LogP contribution in [-0.4, -0.2) is 30.1 Å². The lowest BCUT2D eigenvalue weighted by atomic mass is 10.1. The number of nitrogens with zero attached hydrogens (tertiary/aromatic N) is 1. The standard InChI is InChI=1S/C15H20ClNO2/c1-11(2)17(15(18)13-6-7-19-10-13)9-12-4-3-5-14(16)8-12/h3-5,8,11,13H,6-7,9-10H2,1-2H3. The molecule has 1 heterocycles. The summed E-state index contributed by atoms with van der Waals surface area (Å²) in [5.41, 5.74) is 1.06. The maximum absolute atomic E-state index is 12.5. The zero-order chi connectivity index (χ0) is 13.8. The van der Waals surface area contributed by atoms with Gasteiger partial charge in [-0.1, -0.05) is 23.7 Å². The predicted molar refractivity (Wildman–Crippen MR) is 76.1 cm³/mol. The van der Waals surface area contributed by atoms with E-state index in [1.807, 2.05) is 43.0 Å². The Hall–Kier alpha value is -1.06. The number of benzene rings is 1. The van der Waals surface area contributed by atoms with Gasteiger partial charge >= 0.3 is 0 Å². The van der Waals surface area contributed by atoms with Crippen molar-refractivity contribution in [2.75, 3.05) is 13.2 Å². The summed E-state index contributed by atoms with van der Waals surface area (Å²) in [5, 5.41) is 0.706. The summed E-state index contributed by atoms with van der Waals surface area (Å²) in [4.78, 5) is 14.4. The number of carbonyl (C=O) groups excluding carboxylic acids is 1. The van der Waals surface area contributed by atoms with Crippen LogP contribution < -0.4 is 0 Å². The van der Waals surface area contributed by atoms with E-state index >= 15 is 0 Å². The lowest BCUT2D eigenvalue weighted by Crippen LogP contribution is -2.40. The largest absolute Gasteiger partial charge is 0.381 e. The van der Waals surface area contributed by atoms with E-state index < -0.39 is 0 Å². The van der Waals surface area contributed by atoms with E-state index in [0.29, 0.717) is 24.8 Å². The van der Waals surface area contributed by atoms with Crippen LogP contribution in [0.4, 0.5) is 0 Å². The van der Waals surface area contributed by atoms with E-state index in [-0.39, 0.29) is 17.9 Å². The molecule has 1 atom stereocenters. The quantitative estimate of drug-likeness (QED) is 0.849. The molecule has 0 saturated carbocycles. The van der Waals surface area contributed by atoms with Gasteiger partial charge in [-0.3, -0.25) is 4.79 Å². The molecule has 1 unspecified atom stereocenters. The maximum atomic E-state index is 12.5. The first-order chi connectivity index (χ1) is 9.08. The maximum Gasteiger partial charge on any atom is 0.228 e. The van der Waals surface area contributed by atoms with Gasteiger partial charge in [0.15, 0.2) is 0 Å². The molecule has 4 heteroatoms. The molecule has 0 radical (unpaired) electrons. The number of ether oxygens (including phenoxy) is 1. The van der Waals surface area contributed by atoms with E-state index in [0.717, 1.165) is 12.0 Å². The molecule has 0 N–H and O–H groups in total. The van der Waals surface area contributed by atoms with Crippen LogP contribution in [0, 0.1) is 5.92 Å². The molecule has 1 amide bonds. The fourth-order valence-corrected chi connectivity index (χ4v) is 2.52. The van der Waals surface area contributed by atoms with Crippen LogP contribution in [0.25, 0.3) is 0 Å². The van der Waals surface area contributed by atoms with Gasteiger partial charge in [-0.05, 0) is 38.0 Å². The monoisotopic (exact) mass is 281 g/mol. The summed E-state index contributed by atoms with van der Waals surface area (Å²) < 4.78 is 5.31. The molecule has 1 aromatic rings. The van der Waals surface area contributed by atoms with E-state index in [4.69, 9.17) is 16.3 Å². The summed E-state index contributed by atoms with van der Waals surface area (Å²) >= 11 is 5.99. The first kappa shape index (κ1) is 14.4. The number of carbonyl (C=O) groups is 1. The Labute approximate surface area is 119 Å². The SMILES string of the molecule is CC(C)N(Cc1cccc(Cl)c1)C(=O)C1CCOC1. The molecule has 0 aromatic heterocycles. The van der Waals surface area contributed by atoms with Gasteiger partial charge in [0.25, 0.3) is 0 Å². The molecular weight excluding hydrogens is 262 g/mol. The summed E-state index contributed by atoms with van der Waals surface area (Å²) in [6, 6.07) is 7.85. The molecule has 1 saturated heterocycles. The van der Waals surface area contributed by atoms with Crippen LogP contribution >= 0.6 is 11.6 Å². The Morgan fingerprint density at radius 1 is 1.53 bits per heavy atom. The first-order valence-corrected chi connectivity index (χ1v) is 7.08. The third-order valence-corrected chi connectivity index (χ3v) is 3.66. The normalized spacial score (nSPS) is 18.8. The van der Waals surface area contributed by atoms with Crippen molar-refractivity contribution in [2.24, 2.45) is 5.92 Å². The number of hydrogen-bond donors (Lipinski definition) is 0. The van der Waals surface area contributed by atoms with Crippen LogP contribution in [0.15, 0.2) is 24.3 Å². The second kappa shape index (κ2) is 6.40. The highest BCUT2D eigenvalue weighted by atomic mass is 35.5. The van der Waals surface area contributed by atoms with E-state index in [2.05, 4.69) is 0 Å². The van der Waals surface area contributed by atoms with E-state index in [9.17, 15) is 4.79 Å². The Morgan fingerprint density at radius 2 is 2.32 bits per heavy atom. The third kappa shape index (κ3) is 3.71. The summed E-state index contributed by atoms with van der Waals surface area (Å²) in [6.45, 7) is 5.93. The Kier molecular flexibility index (Phi) is 4.83. The van der Waals surface area contributed by atoms with Crippen LogP contribution in [0.5, 0.6) is 0 Å². The molecule has 104 valence electrons. The van der Waals surface area contributed by atoms with Crippen molar-refractivity contribution >= 4 is 17.5 Å². The summed E-state index contributed by atoms with van der Waals surface area (Å²) in [6.07, 6.45) is 0.831. The molecule has 1 aliphatic heterocycles. The lowest BCUT2D eigenvalue weighted by molar-refractivity contribution is -0.137. The van der Waals surface area contributed by atoms with Gasteiger partial charge in [-0.15, -0.1) is 0 Å². The zero-order valence-electron chi connectivity index (χ0n) is 11.4. The van der Waals surface area contributed by atoms with Gasteiger partial charge in [0.2, 0.25) is 5.91 Å². The van der Waals surface area contributed by atoms with Crippen molar-refractivity contribution in [2.45, 2.75) is 32.9 Å². The van der Waals surface area contributed by atoms with Crippen molar-refractivity contribution in [1.29, 1.82) is 0 Å². The fourth-order valence-electron chi connectivity index (χ4n) is 2.31. The second-order valence-electron chi connectivity index (χ2n) is 5.25. The van der Waals surface area contributed by atoms with Gasteiger partial charge in [0.05, 0.1) is 12.5 Å². The molecule has 3 nitrogen and oxygen atoms in total. The molecule has 0 spiro atoms. The smallest absolute Gasteiger partial charge is 0.228 e. The summed E-state index contributed by atoms with van der Waals surface area (Å²) in [5.74, 6) is 0.203. The molecule has 1 aliphatic rings. The molecule has 0 aliphatic carbocycles. The van der Waals surface area contributed by atoms with Gasteiger partial charge in [0, 0.05) is 24.2 Å². The predicted octanol–water partition coefficient (Wildman–Crippen LogP) is 3.11. The molecule has 2 rings (SSSR count). The fraction of sp³-hybridized carbons (Fsp3) is 0.533. The average molecular weight is 282 g/mol. The van der Waals surface area contributed by atoms with Crippen LogP contribution in [0.2, 0.25) is 5.02 Å². The highest BCUT2D eigenvalue weighted by Crippen LogP contribution is 2.20. The van der Waals surface area contributed by atoms with Gasteiger partial charge < -0.3 is 9.64 Å². The molecule has 19 heavy (non-hydrogen) atoms. The first-order valence-electron chi connectivity index (χ1n) is 6.70. The lowest BCUT2D eigenvalue weighted by Gasteiger charge is -2.29. The van der Waals surface area contributed by atoms with Crippen molar-refractivity contribution < 1.29 is 9.53 Å². The van der Waals surface area contributed by atoms with Crippen LogP contribution in [0.1, 0.15) is 25.8 Å². The minimum absolute atomic E-state index is 0.0154. The van der Waals surface area contributed by atoms with Crippen molar-refractivity contribution in [1.82, 2.24) is 4.90 Å². The minimum Gasteiger partial charge on any atom is -0.381 e. The zero-order valence-corrected chi connectivity index (χ0v) is 12.2. The highest BCUT2D eigenvalue weighted by molar-refractivity contribution is 6.30. The number of halogens is 1. The average Bonchev–Trinajstić information content (AvgIpc) is 2.88. The minimum atomic E-state index is 0.0154. The third-order valence-electron chi connectivity index (χ3n) is 3.43. The molecular formula is C15H20ClNO2. The van der Waals surface area contributed by atoms with E-state index in [1.165, 1.54) is 0 Å². The Bertz CT molecular complexity index is 442.